The number of carboxylic acids is 1. The molecular weight excluding hydrogens is 352 g/mol. The van der Waals surface area contributed by atoms with Crippen molar-refractivity contribution in [1.29, 1.82) is 0 Å². The summed E-state index contributed by atoms with van der Waals surface area (Å²) in [5.41, 5.74) is 6.71. The van der Waals surface area contributed by atoms with E-state index < -0.39 is 5.97 Å². The molecule has 0 spiro atoms. The summed E-state index contributed by atoms with van der Waals surface area (Å²) >= 11 is 0. The maximum absolute atomic E-state index is 11.9. The van der Waals surface area contributed by atoms with E-state index in [2.05, 4.69) is 41.9 Å². The molecule has 0 saturated carbocycles. The van der Waals surface area contributed by atoms with Gasteiger partial charge in [-0.25, -0.2) is 4.79 Å². The zero-order valence-electron chi connectivity index (χ0n) is 17.0. The monoisotopic (exact) mass is 380 g/mol. The molecule has 3 rings (SSSR count). The van der Waals surface area contributed by atoms with E-state index >= 15 is 0 Å². The van der Waals surface area contributed by atoms with E-state index in [1.807, 2.05) is 26.0 Å². The molecule has 5 nitrogen and oxygen atoms in total. The average molecular weight is 380 g/mol. The van der Waals surface area contributed by atoms with Crippen molar-refractivity contribution in [3.05, 3.63) is 81.6 Å². The van der Waals surface area contributed by atoms with Gasteiger partial charge in [-0.15, -0.1) is 0 Å². The van der Waals surface area contributed by atoms with Crippen molar-refractivity contribution in [3.8, 4) is 0 Å². The number of aryl methyl sites for hydroxylation is 2. The standard InChI is InChI=1S/C23H28N2O3/c1-15-7-8-16(2)19(12-15)14-25-17(3)21(22(18(25)4)23(26)27)13-24-10-9-20-6-5-11-28-20/h5-8,11-12,24H,9-10,13-14H2,1-4H3,(H,26,27). The maximum Gasteiger partial charge on any atom is 0.337 e. The van der Waals surface area contributed by atoms with Crippen LogP contribution in [0.3, 0.4) is 0 Å². The van der Waals surface area contributed by atoms with Gasteiger partial charge in [-0.1, -0.05) is 23.8 Å². The van der Waals surface area contributed by atoms with Crippen LogP contribution in [-0.2, 0) is 19.5 Å². The topological polar surface area (TPSA) is 67.4 Å². The van der Waals surface area contributed by atoms with E-state index in [4.69, 9.17) is 4.42 Å². The highest BCUT2D eigenvalue weighted by Crippen LogP contribution is 2.25. The van der Waals surface area contributed by atoms with E-state index in [0.717, 1.165) is 35.7 Å². The number of hydrogen-bond acceptors (Lipinski definition) is 3. The van der Waals surface area contributed by atoms with Crippen LogP contribution in [0.4, 0.5) is 0 Å². The number of carbonyl (C=O) groups is 1. The van der Waals surface area contributed by atoms with Gasteiger partial charge in [0.2, 0.25) is 0 Å². The van der Waals surface area contributed by atoms with Crippen molar-refractivity contribution in [2.45, 2.75) is 47.2 Å². The molecule has 28 heavy (non-hydrogen) atoms. The zero-order valence-corrected chi connectivity index (χ0v) is 17.0. The highest BCUT2D eigenvalue weighted by molar-refractivity contribution is 5.91. The van der Waals surface area contributed by atoms with E-state index in [1.54, 1.807) is 6.26 Å². The minimum absolute atomic E-state index is 0.410. The number of benzene rings is 1. The number of furan rings is 1. The summed E-state index contributed by atoms with van der Waals surface area (Å²) < 4.78 is 7.46. The second-order valence-electron chi connectivity index (χ2n) is 7.35. The number of aromatic carboxylic acids is 1. The number of nitrogens with zero attached hydrogens (tertiary/aromatic N) is 1. The molecule has 0 amide bonds. The first-order chi connectivity index (χ1) is 13.4. The van der Waals surface area contributed by atoms with E-state index in [0.29, 0.717) is 18.7 Å². The van der Waals surface area contributed by atoms with Gasteiger partial charge in [0.25, 0.3) is 0 Å². The molecule has 0 aliphatic heterocycles. The van der Waals surface area contributed by atoms with E-state index in [-0.39, 0.29) is 0 Å². The maximum atomic E-state index is 11.9. The lowest BCUT2D eigenvalue weighted by molar-refractivity contribution is 0.0694. The molecule has 0 saturated heterocycles. The number of carboxylic acid groups (broad SMARTS) is 1. The smallest absolute Gasteiger partial charge is 0.337 e. The molecule has 5 heteroatoms. The van der Waals surface area contributed by atoms with Gasteiger partial charge in [0.15, 0.2) is 0 Å². The van der Waals surface area contributed by atoms with Crippen LogP contribution >= 0.6 is 0 Å². The molecule has 2 heterocycles. The molecular formula is C23H28N2O3. The Bertz CT molecular complexity index is 968. The molecule has 148 valence electrons. The summed E-state index contributed by atoms with van der Waals surface area (Å²) in [7, 11) is 0. The Morgan fingerprint density at radius 3 is 2.61 bits per heavy atom. The summed E-state index contributed by atoms with van der Waals surface area (Å²) in [6, 6.07) is 10.2. The Balaban J connectivity index is 1.82. The lowest BCUT2D eigenvalue weighted by atomic mass is 10.1. The van der Waals surface area contributed by atoms with Crippen LogP contribution in [-0.4, -0.2) is 22.2 Å². The van der Waals surface area contributed by atoms with Crippen LogP contribution in [0.15, 0.2) is 41.0 Å². The van der Waals surface area contributed by atoms with Gasteiger partial charge in [0.1, 0.15) is 5.76 Å². The predicted molar refractivity (Wildman–Crippen MR) is 110 cm³/mol. The summed E-state index contributed by atoms with van der Waals surface area (Å²) in [4.78, 5) is 11.9. The third-order valence-electron chi connectivity index (χ3n) is 5.39. The first-order valence-electron chi connectivity index (χ1n) is 9.59. The van der Waals surface area contributed by atoms with Crippen LogP contribution in [0.2, 0.25) is 0 Å². The Kier molecular flexibility index (Phi) is 6.05. The van der Waals surface area contributed by atoms with Gasteiger partial charge in [0.05, 0.1) is 11.8 Å². The molecule has 1 aromatic carbocycles. The van der Waals surface area contributed by atoms with Gasteiger partial charge in [-0.3, -0.25) is 0 Å². The Labute approximate surface area is 166 Å². The number of nitrogens with one attached hydrogen (secondary N) is 1. The molecule has 2 N–H and O–H groups in total. The molecule has 2 aromatic heterocycles. The normalized spacial score (nSPS) is 11.1. The number of hydrogen-bond donors (Lipinski definition) is 2. The fraction of sp³-hybridized carbons (Fsp3) is 0.348. The molecule has 0 atom stereocenters. The third-order valence-corrected chi connectivity index (χ3v) is 5.39. The average Bonchev–Trinajstić information content (AvgIpc) is 3.24. The fourth-order valence-corrected chi connectivity index (χ4v) is 3.71. The van der Waals surface area contributed by atoms with Gasteiger partial charge >= 0.3 is 5.97 Å². The highest BCUT2D eigenvalue weighted by atomic mass is 16.4. The molecule has 3 aromatic rings. The molecule has 0 aliphatic rings. The molecule has 0 unspecified atom stereocenters. The van der Waals surface area contributed by atoms with Crippen LogP contribution in [0.25, 0.3) is 0 Å². The lowest BCUT2D eigenvalue weighted by Gasteiger charge is -2.13. The second-order valence-corrected chi connectivity index (χ2v) is 7.35. The third kappa shape index (κ3) is 4.20. The van der Waals surface area contributed by atoms with Crippen molar-refractivity contribution in [2.75, 3.05) is 6.54 Å². The van der Waals surface area contributed by atoms with Crippen molar-refractivity contribution >= 4 is 5.97 Å². The summed E-state index contributed by atoms with van der Waals surface area (Å²) in [5, 5.41) is 13.2. The van der Waals surface area contributed by atoms with Gasteiger partial charge in [-0.05, 0) is 51.0 Å². The molecule has 0 aliphatic carbocycles. The summed E-state index contributed by atoms with van der Waals surface area (Å²) in [6.45, 7) is 10.0. The Morgan fingerprint density at radius 1 is 1.14 bits per heavy atom. The molecule has 0 bridgehead atoms. The summed E-state index contributed by atoms with van der Waals surface area (Å²) in [5.74, 6) is 0.0505. The van der Waals surface area contributed by atoms with Crippen molar-refractivity contribution in [1.82, 2.24) is 9.88 Å². The predicted octanol–water partition coefficient (Wildman–Crippen LogP) is 4.39. The number of aromatic nitrogens is 1. The first-order valence-corrected chi connectivity index (χ1v) is 9.59. The SMILES string of the molecule is Cc1ccc(C)c(Cn2c(C)c(CNCCc3ccco3)c(C(=O)O)c2C)c1. The first kappa shape index (κ1) is 20.0. The van der Waals surface area contributed by atoms with Gasteiger partial charge < -0.3 is 19.4 Å². The lowest BCUT2D eigenvalue weighted by Crippen LogP contribution is -2.18. The summed E-state index contributed by atoms with van der Waals surface area (Å²) in [6.07, 6.45) is 2.44. The number of rotatable bonds is 8. The second kappa shape index (κ2) is 8.48. The highest BCUT2D eigenvalue weighted by Gasteiger charge is 2.22. The quantitative estimate of drug-likeness (QED) is 0.569. The molecule has 0 fully saturated rings. The van der Waals surface area contributed by atoms with E-state index in [9.17, 15) is 9.90 Å². The van der Waals surface area contributed by atoms with Crippen LogP contribution < -0.4 is 5.32 Å². The Hall–Kier alpha value is -2.79. The minimum Gasteiger partial charge on any atom is -0.478 e. The van der Waals surface area contributed by atoms with Crippen molar-refractivity contribution in [2.24, 2.45) is 0 Å². The molecule has 0 radical (unpaired) electrons. The van der Waals surface area contributed by atoms with Crippen molar-refractivity contribution < 1.29 is 14.3 Å². The zero-order chi connectivity index (χ0) is 20.3. The Morgan fingerprint density at radius 2 is 1.93 bits per heavy atom. The van der Waals surface area contributed by atoms with Crippen LogP contribution in [0, 0.1) is 27.7 Å². The van der Waals surface area contributed by atoms with Gasteiger partial charge in [0, 0.05) is 43.0 Å². The van der Waals surface area contributed by atoms with Crippen LogP contribution in [0.1, 0.15) is 49.8 Å². The van der Waals surface area contributed by atoms with Crippen molar-refractivity contribution in [3.63, 3.8) is 0 Å². The fourth-order valence-electron chi connectivity index (χ4n) is 3.71. The van der Waals surface area contributed by atoms with Crippen LogP contribution in [0.5, 0.6) is 0 Å². The minimum atomic E-state index is -0.872. The van der Waals surface area contributed by atoms with Gasteiger partial charge in [-0.2, -0.15) is 0 Å². The largest absolute Gasteiger partial charge is 0.478 e. The van der Waals surface area contributed by atoms with E-state index in [1.165, 1.54) is 16.7 Å².